The molecule has 1 N–H and O–H groups in total. The Morgan fingerprint density at radius 3 is 2.77 bits per heavy atom. The van der Waals surface area contributed by atoms with Gasteiger partial charge < -0.3 is 18.8 Å². The zero-order valence-corrected chi connectivity index (χ0v) is 17.2. The van der Waals surface area contributed by atoms with E-state index in [0.29, 0.717) is 6.61 Å². The number of aromatic nitrogens is 2. The number of alkyl halides is 3. The number of hydrogen-bond donors (Lipinski definition) is 1. The Hall–Kier alpha value is -2.63. The molecule has 1 atom stereocenters. The maximum Gasteiger partial charge on any atom is 0.490 e. The topological polar surface area (TPSA) is 80.7 Å². The van der Waals surface area contributed by atoms with Crippen LogP contribution in [0.25, 0.3) is 10.6 Å². The Balaban J connectivity index is 0.000000289. The number of thiophene rings is 1. The summed E-state index contributed by atoms with van der Waals surface area (Å²) in [6.45, 7) is 4.43. The molecule has 1 unspecified atom stereocenters. The van der Waals surface area contributed by atoms with E-state index in [1.165, 1.54) is 16.1 Å². The first-order valence-electron chi connectivity index (χ1n) is 9.52. The molecule has 0 aromatic carbocycles. The molecule has 166 valence electrons. The molecular weight excluding hydrogens is 435 g/mol. The van der Waals surface area contributed by atoms with Crippen LogP contribution in [0.15, 0.2) is 46.7 Å². The number of nitrogens with zero attached hydrogens (tertiary/aromatic N) is 3. The summed E-state index contributed by atoms with van der Waals surface area (Å²) in [6.07, 6.45) is 1.53. The van der Waals surface area contributed by atoms with Crippen LogP contribution in [0.3, 0.4) is 0 Å². The maximum atomic E-state index is 10.6. The quantitative estimate of drug-likeness (QED) is 0.643. The van der Waals surface area contributed by atoms with Gasteiger partial charge in [0, 0.05) is 25.2 Å². The summed E-state index contributed by atoms with van der Waals surface area (Å²) >= 11 is 1.77. The van der Waals surface area contributed by atoms with Gasteiger partial charge in [-0.2, -0.15) is 13.2 Å². The number of carboxylic acid groups (broad SMARTS) is 1. The van der Waals surface area contributed by atoms with E-state index in [-0.39, 0.29) is 5.60 Å². The number of ether oxygens (including phenoxy) is 1. The lowest BCUT2D eigenvalue weighted by molar-refractivity contribution is -0.192. The molecule has 1 spiro atoms. The van der Waals surface area contributed by atoms with Crippen LogP contribution in [0.2, 0.25) is 0 Å². The van der Waals surface area contributed by atoms with Crippen molar-refractivity contribution in [1.29, 1.82) is 0 Å². The van der Waals surface area contributed by atoms with Crippen LogP contribution in [-0.2, 0) is 29.2 Å². The summed E-state index contributed by atoms with van der Waals surface area (Å²) in [6, 6.07) is 6.30. The summed E-state index contributed by atoms with van der Waals surface area (Å²) in [4.78, 5) is 17.2. The summed E-state index contributed by atoms with van der Waals surface area (Å²) in [5.74, 6) is -1.72. The molecule has 5 heterocycles. The van der Waals surface area contributed by atoms with Gasteiger partial charge in [-0.05, 0) is 23.9 Å². The number of likely N-dealkylation sites (tertiary alicyclic amines) is 1. The second-order valence-electron chi connectivity index (χ2n) is 7.49. The third kappa shape index (κ3) is 4.83. The van der Waals surface area contributed by atoms with Gasteiger partial charge >= 0.3 is 12.1 Å². The maximum absolute atomic E-state index is 10.6. The van der Waals surface area contributed by atoms with E-state index in [9.17, 15) is 13.2 Å². The SMILES string of the molecule is O=C(O)C(F)(F)F.c1csc(-c2cnc3n2CC2(CCN(Cc4ccoc4)C2)OC3)c1. The van der Waals surface area contributed by atoms with Crippen molar-refractivity contribution in [1.82, 2.24) is 14.5 Å². The van der Waals surface area contributed by atoms with Gasteiger partial charge in [-0.15, -0.1) is 11.3 Å². The molecule has 1 saturated heterocycles. The lowest BCUT2D eigenvalue weighted by atomic mass is 10.0. The van der Waals surface area contributed by atoms with Crippen molar-refractivity contribution in [2.45, 2.75) is 37.9 Å². The highest BCUT2D eigenvalue weighted by Gasteiger charge is 2.43. The lowest BCUT2D eigenvalue weighted by Crippen LogP contribution is -2.44. The standard InChI is InChI=1S/C18H19N3O2S.C2HF3O2/c1-2-16(24-7-1)15-8-19-17-11-23-18(13-21(15)17)4-5-20(12-18)9-14-3-6-22-10-14;3-2(4,5)1(6)7/h1-3,6-8,10H,4-5,9,11-13H2;(H,6,7). The second kappa shape index (κ2) is 8.48. The molecule has 3 aromatic heterocycles. The Morgan fingerprint density at radius 1 is 1.32 bits per heavy atom. The van der Waals surface area contributed by atoms with Crippen LogP contribution in [0, 0.1) is 0 Å². The molecule has 5 rings (SSSR count). The smallest absolute Gasteiger partial charge is 0.475 e. The first kappa shape index (κ1) is 21.6. The second-order valence-corrected chi connectivity index (χ2v) is 8.44. The molecule has 0 radical (unpaired) electrons. The minimum absolute atomic E-state index is 0.0938. The van der Waals surface area contributed by atoms with E-state index in [1.54, 1.807) is 17.6 Å². The molecular formula is C20H20F3N3O4S. The van der Waals surface area contributed by atoms with Crippen LogP contribution in [0.5, 0.6) is 0 Å². The minimum atomic E-state index is -5.08. The van der Waals surface area contributed by atoms with E-state index >= 15 is 0 Å². The van der Waals surface area contributed by atoms with E-state index < -0.39 is 12.1 Å². The average Bonchev–Trinajstić information content (AvgIpc) is 3.49. The van der Waals surface area contributed by atoms with E-state index in [2.05, 4.69) is 32.0 Å². The van der Waals surface area contributed by atoms with Gasteiger partial charge in [0.1, 0.15) is 18.0 Å². The van der Waals surface area contributed by atoms with Gasteiger partial charge in [0.15, 0.2) is 0 Å². The molecule has 0 bridgehead atoms. The van der Waals surface area contributed by atoms with Crippen molar-refractivity contribution in [3.8, 4) is 10.6 Å². The van der Waals surface area contributed by atoms with Crippen molar-refractivity contribution in [2.75, 3.05) is 13.1 Å². The largest absolute Gasteiger partial charge is 0.490 e. The number of halogens is 3. The van der Waals surface area contributed by atoms with E-state index in [4.69, 9.17) is 19.1 Å². The molecule has 2 aliphatic rings. The predicted octanol–water partition coefficient (Wildman–Crippen LogP) is 4.01. The lowest BCUT2D eigenvalue weighted by Gasteiger charge is -2.35. The van der Waals surface area contributed by atoms with Crippen molar-refractivity contribution >= 4 is 17.3 Å². The number of fused-ring (bicyclic) bond motifs is 1. The van der Waals surface area contributed by atoms with Crippen LogP contribution in [-0.4, -0.2) is 50.4 Å². The third-order valence-electron chi connectivity index (χ3n) is 5.29. The third-order valence-corrected chi connectivity index (χ3v) is 6.18. The Labute approximate surface area is 179 Å². The number of rotatable bonds is 3. The molecule has 0 saturated carbocycles. The van der Waals surface area contributed by atoms with Crippen molar-refractivity contribution in [3.63, 3.8) is 0 Å². The van der Waals surface area contributed by atoms with Crippen LogP contribution < -0.4 is 0 Å². The molecule has 0 amide bonds. The monoisotopic (exact) mass is 455 g/mol. The van der Waals surface area contributed by atoms with E-state index in [1.807, 2.05) is 18.5 Å². The fourth-order valence-corrected chi connectivity index (χ4v) is 4.57. The summed E-state index contributed by atoms with van der Waals surface area (Å²) in [5, 5.41) is 9.24. The number of imidazole rings is 1. The summed E-state index contributed by atoms with van der Waals surface area (Å²) in [5.41, 5.74) is 2.35. The van der Waals surface area contributed by atoms with Gasteiger partial charge in [0.05, 0.1) is 35.8 Å². The molecule has 0 aliphatic carbocycles. The normalized spacial score (nSPS) is 21.0. The number of carboxylic acids is 1. The highest BCUT2D eigenvalue weighted by Crippen LogP contribution is 2.36. The molecule has 11 heteroatoms. The fraction of sp³-hybridized carbons (Fsp3) is 0.400. The zero-order chi connectivity index (χ0) is 22.1. The Bertz CT molecular complexity index is 1020. The highest BCUT2D eigenvalue weighted by atomic mass is 32.1. The Kier molecular flexibility index (Phi) is 5.91. The van der Waals surface area contributed by atoms with Gasteiger partial charge in [0.25, 0.3) is 0 Å². The van der Waals surface area contributed by atoms with Crippen molar-refractivity contribution in [2.24, 2.45) is 0 Å². The molecule has 31 heavy (non-hydrogen) atoms. The van der Waals surface area contributed by atoms with Crippen LogP contribution >= 0.6 is 11.3 Å². The van der Waals surface area contributed by atoms with Gasteiger partial charge in [-0.3, -0.25) is 4.90 Å². The van der Waals surface area contributed by atoms with Crippen LogP contribution in [0.1, 0.15) is 17.8 Å². The fourth-order valence-electron chi connectivity index (χ4n) is 3.83. The van der Waals surface area contributed by atoms with Crippen molar-refractivity contribution in [3.05, 3.63) is 53.7 Å². The van der Waals surface area contributed by atoms with E-state index in [0.717, 1.165) is 38.4 Å². The Morgan fingerprint density at radius 2 is 2.13 bits per heavy atom. The number of hydrogen-bond acceptors (Lipinski definition) is 6. The predicted molar refractivity (Wildman–Crippen MR) is 105 cm³/mol. The average molecular weight is 455 g/mol. The molecule has 3 aromatic rings. The van der Waals surface area contributed by atoms with Crippen LogP contribution in [0.4, 0.5) is 13.2 Å². The van der Waals surface area contributed by atoms with Gasteiger partial charge in [0.2, 0.25) is 0 Å². The summed E-state index contributed by atoms with van der Waals surface area (Å²) < 4.78 is 45.6. The number of aliphatic carboxylic acids is 1. The molecule has 7 nitrogen and oxygen atoms in total. The molecule has 2 aliphatic heterocycles. The zero-order valence-electron chi connectivity index (χ0n) is 16.3. The van der Waals surface area contributed by atoms with Gasteiger partial charge in [-0.1, -0.05) is 6.07 Å². The van der Waals surface area contributed by atoms with Crippen molar-refractivity contribution < 1.29 is 32.2 Å². The summed E-state index contributed by atoms with van der Waals surface area (Å²) in [7, 11) is 0. The number of carbonyl (C=O) groups is 1. The number of furan rings is 1. The minimum Gasteiger partial charge on any atom is -0.475 e. The molecule has 1 fully saturated rings. The van der Waals surface area contributed by atoms with Gasteiger partial charge in [-0.25, -0.2) is 9.78 Å². The highest BCUT2D eigenvalue weighted by molar-refractivity contribution is 7.13. The first-order valence-corrected chi connectivity index (χ1v) is 10.4. The first-order chi connectivity index (χ1) is 14.8.